The number of amides is 6. The molecule has 3 aliphatic heterocycles. The van der Waals surface area contributed by atoms with E-state index >= 15 is 0 Å². The Morgan fingerprint density at radius 3 is 2.63 bits per heavy atom. The van der Waals surface area contributed by atoms with Crippen molar-refractivity contribution in [2.24, 2.45) is 0 Å². The molecule has 49 heavy (non-hydrogen) atoms. The minimum Gasteiger partial charge on any atom is -0.477 e. The minimum atomic E-state index is -1.24. The molecule has 2 aromatic rings. The van der Waals surface area contributed by atoms with Crippen LogP contribution in [0.4, 0.5) is 9.59 Å². The number of likely N-dealkylation sites (N-methyl/N-ethyl adjacent to an activating group) is 1. The Bertz CT molecular complexity index is 1730. The Kier molecular flexibility index (Phi) is 11.3. The number of carboxylic acids is 1. The van der Waals surface area contributed by atoms with Crippen LogP contribution in [-0.4, -0.2) is 121 Å². The van der Waals surface area contributed by atoms with Crippen LogP contribution in [0.1, 0.15) is 19.4 Å². The molecule has 0 aliphatic carbocycles. The number of halogens is 1. The van der Waals surface area contributed by atoms with Crippen molar-refractivity contribution in [2.75, 3.05) is 31.1 Å². The lowest BCUT2D eigenvalue weighted by atomic mass is 10.0. The number of β-lactam (4-membered cyclic amide) rings is 1. The van der Waals surface area contributed by atoms with Gasteiger partial charge in [0.2, 0.25) is 5.91 Å². The van der Waals surface area contributed by atoms with Crippen molar-refractivity contribution >= 4 is 88.2 Å². The molecule has 3 atom stereocenters. The molecule has 0 bridgehead atoms. The molecule has 1 aromatic heterocycles. The van der Waals surface area contributed by atoms with Gasteiger partial charge in [-0.2, -0.15) is 0 Å². The molecule has 0 spiro atoms. The summed E-state index contributed by atoms with van der Waals surface area (Å²) in [5.41, 5.74) is 2.47. The SMILES string of the molecule is CCN1CCN(C(=O)NC(C)OC(=O)Oc2ccc(CC(=O)NC3C(=O)N4C(C(=O)O)=C(CSc5nncs5)CS[C@@H]34)cc2Cl)C(=O)C1=O. The van der Waals surface area contributed by atoms with Crippen LogP contribution in [0.3, 0.4) is 0 Å². The summed E-state index contributed by atoms with van der Waals surface area (Å²) in [6, 6.07) is 2.34. The van der Waals surface area contributed by atoms with Crippen molar-refractivity contribution in [3.05, 3.63) is 45.6 Å². The van der Waals surface area contributed by atoms with Crippen LogP contribution in [0.2, 0.25) is 5.02 Å². The summed E-state index contributed by atoms with van der Waals surface area (Å²) in [5, 5.41) is 21.9. The Balaban J connectivity index is 1.10. The molecule has 3 N–H and O–H groups in total. The molecular weight excluding hydrogens is 726 g/mol. The van der Waals surface area contributed by atoms with E-state index in [0.29, 0.717) is 33.5 Å². The number of nitrogens with zero attached hydrogens (tertiary/aromatic N) is 5. The fraction of sp³-hybridized carbons (Fsp3) is 0.393. The Morgan fingerprint density at radius 2 is 1.96 bits per heavy atom. The number of aliphatic carboxylic acids is 1. The van der Waals surface area contributed by atoms with E-state index in [-0.39, 0.29) is 36.0 Å². The molecule has 2 unspecified atom stereocenters. The normalized spacial score (nSPS) is 19.6. The first-order valence-electron chi connectivity index (χ1n) is 14.5. The summed E-state index contributed by atoms with van der Waals surface area (Å²) in [5.74, 6) is -3.51. The fourth-order valence-electron chi connectivity index (χ4n) is 5.03. The van der Waals surface area contributed by atoms with Gasteiger partial charge in [-0.1, -0.05) is 40.8 Å². The van der Waals surface area contributed by atoms with E-state index in [1.54, 1.807) is 12.4 Å². The number of piperazine rings is 1. The number of hydrogen-bond acceptors (Lipinski definition) is 14. The molecule has 4 heterocycles. The van der Waals surface area contributed by atoms with E-state index in [2.05, 4.69) is 20.8 Å². The molecule has 0 radical (unpaired) electrons. The average Bonchev–Trinajstić information content (AvgIpc) is 3.58. The lowest BCUT2D eigenvalue weighted by Gasteiger charge is -2.49. The van der Waals surface area contributed by atoms with Gasteiger partial charge in [0.25, 0.3) is 5.91 Å². The van der Waals surface area contributed by atoms with Crippen LogP contribution >= 0.6 is 46.5 Å². The monoisotopic (exact) mass is 753 g/mol. The largest absolute Gasteiger partial charge is 0.515 e. The highest BCUT2D eigenvalue weighted by atomic mass is 35.5. The van der Waals surface area contributed by atoms with E-state index in [1.165, 1.54) is 69.8 Å². The van der Waals surface area contributed by atoms with Crippen LogP contribution < -0.4 is 15.4 Å². The number of benzene rings is 1. The number of carbonyl (C=O) groups excluding carboxylic acids is 6. The topological polar surface area (TPSA) is 218 Å². The third-order valence-corrected chi connectivity index (χ3v) is 10.9. The lowest BCUT2D eigenvalue weighted by molar-refractivity contribution is -0.153. The molecule has 5 rings (SSSR count). The molecule has 0 saturated carbocycles. The highest BCUT2D eigenvalue weighted by Gasteiger charge is 2.54. The molecule has 17 nitrogen and oxygen atoms in total. The summed E-state index contributed by atoms with van der Waals surface area (Å²) in [4.78, 5) is 90.2. The molecular formula is C28H28ClN7O10S3. The van der Waals surface area contributed by atoms with Crippen molar-refractivity contribution in [2.45, 2.75) is 42.3 Å². The van der Waals surface area contributed by atoms with Crippen molar-refractivity contribution < 1.29 is 48.1 Å². The van der Waals surface area contributed by atoms with Gasteiger partial charge in [0.05, 0.1) is 11.4 Å². The number of ether oxygens (including phenoxy) is 2. The number of thioether (sulfide) groups is 2. The number of fused-ring (bicyclic) bond motifs is 1. The van der Waals surface area contributed by atoms with E-state index in [0.717, 1.165) is 4.90 Å². The molecule has 2 fully saturated rings. The molecule has 260 valence electrons. The maximum atomic E-state index is 13.0. The number of nitrogens with one attached hydrogen (secondary N) is 2. The van der Waals surface area contributed by atoms with Crippen molar-refractivity contribution in [1.82, 2.24) is 35.5 Å². The molecule has 3 aliphatic rings. The highest BCUT2D eigenvalue weighted by molar-refractivity contribution is 8.01. The van der Waals surface area contributed by atoms with Gasteiger partial charge < -0.3 is 30.1 Å². The van der Waals surface area contributed by atoms with Crippen LogP contribution in [0.5, 0.6) is 5.75 Å². The molecule has 6 amide bonds. The second kappa shape index (κ2) is 15.4. The van der Waals surface area contributed by atoms with E-state index in [1.807, 2.05) is 0 Å². The first kappa shape index (κ1) is 35.9. The van der Waals surface area contributed by atoms with Crippen LogP contribution in [-0.2, 0) is 35.1 Å². The number of carbonyl (C=O) groups is 7. The van der Waals surface area contributed by atoms with Gasteiger partial charge in [0.15, 0.2) is 16.3 Å². The van der Waals surface area contributed by atoms with Crippen molar-refractivity contribution in [3.8, 4) is 5.75 Å². The van der Waals surface area contributed by atoms with Crippen molar-refractivity contribution in [1.29, 1.82) is 0 Å². The Hall–Kier alpha value is -4.40. The first-order chi connectivity index (χ1) is 23.4. The minimum absolute atomic E-state index is 0.0211. The summed E-state index contributed by atoms with van der Waals surface area (Å²) in [7, 11) is 0. The van der Waals surface area contributed by atoms with Crippen LogP contribution in [0, 0.1) is 0 Å². The zero-order valence-corrected chi connectivity index (χ0v) is 28.9. The van der Waals surface area contributed by atoms with Crippen LogP contribution in [0.15, 0.2) is 39.3 Å². The van der Waals surface area contributed by atoms with E-state index < -0.39 is 59.4 Å². The summed E-state index contributed by atoms with van der Waals surface area (Å²) >= 11 is 10.3. The van der Waals surface area contributed by atoms with Crippen molar-refractivity contribution in [3.63, 3.8) is 0 Å². The number of aromatic nitrogens is 2. The highest BCUT2D eigenvalue weighted by Crippen LogP contribution is 2.41. The van der Waals surface area contributed by atoms with Gasteiger partial charge in [-0.05, 0) is 37.1 Å². The molecule has 21 heteroatoms. The molecule has 2 saturated heterocycles. The quantitative estimate of drug-likeness (QED) is 0.0741. The Morgan fingerprint density at radius 1 is 1.18 bits per heavy atom. The number of imide groups is 1. The second-order valence-electron chi connectivity index (χ2n) is 10.6. The van der Waals surface area contributed by atoms with Gasteiger partial charge in [0.1, 0.15) is 22.6 Å². The van der Waals surface area contributed by atoms with Gasteiger partial charge in [0, 0.05) is 31.1 Å². The van der Waals surface area contributed by atoms with Gasteiger partial charge in [-0.25, -0.2) is 14.4 Å². The second-order valence-corrected chi connectivity index (χ2v) is 14.1. The summed E-state index contributed by atoms with van der Waals surface area (Å²) in [6.45, 7) is 3.50. The van der Waals surface area contributed by atoms with E-state index in [9.17, 15) is 38.7 Å². The third-order valence-electron chi connectivity index (χ3n) is 7.37. The number of hydrogen-bond donors (Lipinski definition) is 3. The third kappa shape index (κ3) is 8.09. The lowest BCUT2D eigenvalue weighted by Crippen LogP contribution is -2.70. The summed E-state index contributed by atoms with van der Waals surface area (Å²) < 4.78 is 10.8. The summed E-state index contributed by atoms with van der Waals surface area (Å²) in [6.07, 6.45) is -2.66. The molecule has 1 aromatic carbocycles. The smallest absolute Gasteiger partial charge is 0.477 e. The van der Waals surface area contributed by atoms with E-state index in [4.69, 9.17) is 21.1 Å². The predicted octanol–water partition coefficient (Wildman–Crippen LogP) is 1.53. The predicted molar refractivity (Wildman–Crippen MR) is 175 cm³/mol. The average molecular weight is 754 g/mol. The van der Waals surface area contributed by atoms with Gasteiger partial charge in [-0.15, -0.1) is 22.0 Å². The number of carboxylic acid groups (broad SMARTS) is 1. The Labute approximate surface area is 295 Å². The fourth-order valence-corrected chi connectivity index (χ4v) is 8.24. The zero-order valence-electron chi connectivity index (χ0n) is 25.7. The zero-order chi connectivity index (χ0) is 35.4. The van der Waals surface area contributed by atoms with Gasteiger partial charge in [-0.3, -0.25) is 29.0 Å². The maximum absolute atomic E-state index is 13.0. The van der Waals surface area contributed by atoms with Crippen LogP contribution in [0.25, 0.3) is 0 Å². The van der Waals surface area contributed by atoms with Gasteiger partial charge >= 0.3 is 30.0 Å². The first-order valence-corrected chi connectivity index (χ1v) is 17.8. The number of urea groups is 1. The number of rotatable bonds is 11. The maximum Gasteiger partial charge on any atom is 0.515 e. The standard InChI is InChI=1S/C28H28ClN7O10S3/c1-3-34-6-7-35(23(40)22(34)39)26(43)31-13(2)45-28(44)46-17-5-4-14(8-16(17)29)9-18(37)32-19-21(38)36-20(25(41)42)15(10-47-24(19)36)11-48-27-33-30-12-49-27/h4-5,8,12-13,19,24H,3,6-7,9-11H2,1-2H3,(H,31,43)(H,32,37)(H,41,42)/t13?,19?,24-/m0/s1.